The smallest absolute Gasteiger partial charge is 0.309 e. The Morgan fingerprint density at radius 3 is 2.32 bits per heavy atom. The molecule has 0 atom stereocenters. The number of carbonyl (C=O) groups excluding carboxylic acids is 2. The molecule has 1 amide bonds. The van der Waals surface area contributed by atoms with Crippen molar-refractivity contribution in [3.63, 3.8) is 0 Å². The fraction of sp³-hybridized carbons (Fsp3) is 0.600. The van der Waals surface area contributed by atoms with Crippen LogP contribution in [0.25, 0.3) is 0 Å². The summed E-state index contributed by atoms with van der Waals surface area (Å²) in [6, 6.07) is 6.64. The number of esters is 1. The number of amides is 1. The van der Waals surface area contributed by atoms with Crippen LogP contribution < -0.4 is 4.90 Å². The van der Waals surface area contributed by atoms with Crippen molar-refractivity contribution in [2.45, 2.75) is 38.5 Å². The van der Waals surface area contributed by atoms with Crippen molar-refractivity contribution in [2.75, 3.05) is 37.7 Å². The Labute approximate surface area is 164 Å². The number of nitro groups is 1. The van der Waals surface area contributed by atoms with Crippen molar-refractivity contribution in [3.8, 4) is 0 Å². The van der Waals surface area contributed by atoms with Gasteiger partial charge >= 0.3 is 5.97 Å². The molecule has 2 fully saturated rings. The number of benzene rings is 1. The Bertz CT molecular complexity index is 708. The molecule has 0 radical (unpaired) electrons. The normalized spacial score (nSPS) is 18.4. The highest BCUT2D eigenvalue weighted by molar-refractivity contribution is 5.81. The van der Waals surface area contributed by atoms with E-state index >= 15 is 0 Å². The highest BCUT2D eigenvalue weighted by atomic mass is 16.6. The summed E-state index contributed by atoms with van der Waals surface area (Å²) >= 11 is 0. The van der Waals surface area contributed by atoms with Gasteiger partial charge in [-0.2, -0.15) is 0 Å². The molecule has 8 nitrogen and oxygen atoms in total. The maximum Gasteiger partial charge on any atom is 0.309 e. The van der Waals surface area contributed by atoms with Crippen LogP contribution in [0.1, 0.15) is 38.5 Å². The second-order valence-corrected chi connectivity index (χ2v) is 7.41. The quantitative estimate of drug-likeness (QED) is 0.437. The zero-order valence-corrected chi connectivity index (χ0v) is 16.0. The number of hydrogen-bond acceptors (Lipinski definition) is 6. The number of piperidine rings is 1. The van der Waals surface area contributed by atoms with Crippen molar-refractivity contribution in [2.24, 2.45) is 5.92 Å². The zero-order chi connectivity index (χ0) is 19.9. The number of ether oxygens (including phenoxy) is 1. The van der Waals surface area contributed by atoms with Gasteiger partial charge < -0.3 is 14.5 Å². The molecular weight excluding hydrogens is 362 g/mol. The van der Waals surface area contributed by atoms with E-state index in [0.29, 0.717) is 31.6 Å². The molecule has 0 aliphatic carbocycles. The molecule has 0 unspecified atom stereocenters. The Balaban J connectivity index is 1.47. The molecule has 1 aromatic rings. The van der Waals surface area contributed by atoms with Crippen LogP contribution in [0.15, 0.2) is 24.3 Å². The van der Waals surface area contributed by atoms with Crippen molar-refractivity contribution in [1.29, 1.82) is 0 Å². The zero-order valence-electron chi connectivity index (χ0n) is 16.0. The Hall–Kier alpha value is -2.64. The molecule has 2 aliphatic rings. The van der Waals surface area contributed by atoms with Crippen molar-refractivity contribution >= 4 is 23.3 Å². The van der Waals surface area contributed by atoms with E-state index in [-0.39, 0.29) is 35.0 Å². The van der Waals surface area contributed by atoms with E-state index in [1.165, 1.54) is 6.07 Å². The minimum atomic E-state index is -0.385. The summed E-state index contributed by atoms with van der Waals surface area (Å²) in [5.41, 5.74) is 0.655. The number of hydrogen-bond donors (Lipinski definition) is 0. The summed E-state index contributed by atoms with van der Waals surface area (Å²) in [5, 5.41) is 11.2. The van der Waals surface area contributed by atoms with Crippen LogP contribution in [0.5, 0.6) is 0 Å². The van der Waals surface area contributed by atoms with Crippen molar-refractivity contribution < 1.29 is 19.2 Å². The molecule has 0 aromatic heterocycles. The standard InChI is InChI=1S/C20H27N3O5/c24-19(22-11-5-1-2-6-12-22)15-28-20(25)16-9-13-21(14-10-16)17-7-3-4-8-18(17)23(26)27/h3-4,7-8,16H,1-2,5-6,9-15H2. The van der Waals surface area contributed by atoms with Crippen LogP contribution in [0.4, 0.5) is 11.4 Å². The molecule has 8 heteroatoms. The van der Waals surface area contributed by atoms with E-state index in [1.807, 2.05) is 4.90 Å². The first-order chi connectivity index (χ1) is 13.6. The molecule has 0 saturated carbocycles. The molecule has 1 aromatic carbocycles. The maximum absolute atomic E-state index is 12.4. The third kappa shape index (κ3) is 4.99. The van der Waals surface area contributed by atoms with E-state index in [1.54, 1.807) is 23.1 Å². The number of nitrogens with zero attached hydrogens (tertiary/aromatic N) is 3. The van der Waals surface area contributed by atoms with E-state index < -0.39 is 0 Å². The van der Waals surface area contributed by atoms with Crippen LogP contribution in [0.3, 0.4) is 0 Å². The van der Waals surface area contributed by atoms with Crippen LogP contribution in [-0.4, -0.2) is 54.5 Å². The number of rotatable bonds is 5. The van der Waals surface area contributed by atoms with Gasteiger partial charge in [0.25, 0.3) is 11.6 Å². The lowest BCUT2D eigenvalue weighted by Crippen LogP contribution is -2.39. The van der Waals surface area contributed by atoms with Gasteiger partial charge in [-0.15, -0.1) is 0 Å². The van der Waals surface area contributed by atoms with Gasteiger partial charge in [-0.05, 0) is 31.7 Å². The van der Waals surface area contributed by atoms with Crippen molar-refractivity contribution in [1.82, 2.24) is 4.90 Å². The van der Waals surface area contributed by atoms with Crippen LogP contribution in [-0.2, 0) is 14.3 Å². The Kier molecular flexibility index (Phi) is 6.84. The Morgan fingerprint density at radius 1 is 1.04 bits per heavy atom. The monoisotopic (exact) mass is 389 g/mol. The summed E-state index contributed by atoms with van der Waals surface area (Å²) in [6.45, 7) is 2.38. The number of anilines is 1. The summed E-state index contributed by atoms with van der Waals surface area (Å²) in [7, 11) is 0. The van der Waals surface area contributed by atoms with Gasteiger partial charge in [-0.1, -0.05) is 25.0 Å². The maximum atomic E-state index is 12.4. The van der Waals surface area contributed by atoms with Crippen LogP contribution in [0.2, 0.25) is 0 Å². The second-order valence-electron chi connectivity index (χ2n) is 7.41. The lowest BCUT2D eigenvalue weighted by atomic mass is 9.96. The second kappa shape index (κ2) is 9.52. The van der Waals surface area contributed by atoms with Gasteiger partial charge in [-0.3, -0.25) is 19.7 Å². The topological polar surface area (TPSA) is 93.0 Å². The first-order valence-corrected chi connectivity index (χ1v) is 9.99. The number of carbonyl (C=O) groups is 2. The number of likely N-dealkylation sites (tertiary alicyclic amines) is 1. The number of nitro benzene ring substituents is 1. The van der Waals surface area contributed by atoms with E-state index in [4.69, 9.17) is 4.74 Å². The third-order valence-electron chi connectivity index (χ3n) is 5.54. The largest absolute Gasteiger partial charge is 0.455 e. The predicted molar refractivity (Wildman–Crippen MR) is 104 cm³/mol. The van der Waals surface area contributed by atoms with Crippen molar-refractivity contribution in [3.05, 3.63) is 34.4 Å². The Morgan fingerprint density at radius 2 is 1.68 bits per heavy atom. The van der Waals surface area contributed by atoms with Gasteiger partial charge in [0.2, 0.25) is 0 Å². The molecule has 0 N–H and O–H groups in total. The molecule has 0 spiro atoms. The van der Waals surface area contributed by atoms with Gasteiger partial charge in [0.05, 0.1) is 10.8 Å². The highest BCUT2D eigenvalue weighted by Gasteiger charge is 2.29. The molecule has 3 rings (SSSR count). The highest BCUT2D eigenvalue weighted by Crippen LogP contribution is 2.31. The first kappa shape index (κ1) is 20.1. The molecule has 2 saturated heterocycles. The van der Waals surface area contributed by atoms with Gasteiger partial charge in [0.15, 0.2) is 6.61 Å². The predicted octanol–water partition coefficient (Wildman–Crippen LogP) is 2.76. The molecule has 0 bridgehead atoms. The van der Waals surface area contributed by atoms with Gasteiger partial charge in [0.1, 0.15) is 5.69 Å². The van der Waals surface area contributed by atoms with Gasteiger partial charge in [-0.25, -0.2) is 0 Å². The fourth-order valence-electron chi connectivity index (χ4n) is 3.90. The minimum absolute atomic E-state index is 0.0755. The van der Waals surface area contributed by atoms with E-state index in [9.17, 15) is 19.7 Å². The first-order valence-electron chi connectivity index (χ1n) is 9.99. The molecule has 2 aliphatic heterocycles. The van der Waals surface area contributed by atoms with Gasteiger partial charge in [0, 0.05) is 32.2 Å². The lowest BCUT2D eigenvalue weighted by molar-refractivity contribution is -0.384. The molecule has 2 heterocycles. The number of para-hydroxylation sites is 2. The average Bonchev–Trinajstić information content (AvgIpc) is 3.01. The SMILES string of the molecule is O=C(OCC(=O)N1CCCCCC1)C1CCN(c2ccccc2[N+](=O)[O-])CC1. The van der Waals surface area contributed by atoms with E-state index in [2.05, 4.69) is 0 Å². The summed E-state index contributed by atoms with van der Waals surface area (Å²) in [5.74, 6) is -0.728. The lowest BCUT2D eigenvalue weighted by Gasteiger charge is -2.32. The van der Waals surface area contributed by atoms with E-state index in [0.717, 1.165) is 38.8 Å². The molecule has 28 heavy (non-hydrogen) atoms. The molecular formula is C20H27N3O5. The van der Waals surface area contributed by atoms with Crippen LogP contribution in [0, 0.1) is 16.0 Å². The minimum Gasteiger partial charge on any atom is -0.455 e. The third-order valence-corrected chi connectivity index (χ3v) is 5.54. The fourth-order valence-corrected chi connectivity index (χ4v) is 3.90. The summed E-state index contributed by atoms with van der Waals surface area (Å²) < 4.78 is 5.28. The van der Waals surface area contributed by atoms with Crippen LogP contribution >= 0.6 is 0 Å². The summed E-state index contributed by atoms with van der Waals surface area (Å²) in [6.07, 6.45) is 5.41. The molecule has 152 valence electrons. The summed E-state index contributed by atoms with van der Waals surface area (Å²) in [4.78, 5) is 39.2. The average molecular weight is 389 g/mol.